The standard InChI is InChI=1S/C8H20N.C2H7N.2BrH/c1-5-9(6-2,7-3)8-4;1-2-3;;/h5-8H2,1-4H3;2-3H2,1H3;2*1H/q+1;;;/p-1. The van der Waals surface area contributed by atoms with Crippen LogP contribution >= 0.6 is 0 Å². The molecule has 4 heteroatoms. The summed E-state index contributed by atoms with van der Waals surface area (Å²) in [6.07, 6.45) is 0. The van der Waals surface area contributed by atoms with Crippen LogP contribution in [0, 0.1) is 0 Å². The molecule has 0 fully saturated rings. The predicted molar refractivity (Wildman–Crippen MR) is 55.9 cm³/mol. The van der Waals surface area contributed by atoms with E-state index in [9.17, 15) is 0 Å². The molecule has 0 aromatic carbocycles. The summed E-state index contributed by atoms with van der Waals surface area (Å²) in [6.45, 7) is 17.2. The first-order chi connectivity index (χ1) is 5.66. The highest BCUT2D eigenvalue weighted by Gasteiger charge is 2.16. The molecule has 0 unspecified atom stereocenters. The number of quaternary nitrogens is 2. The van der Waals surface area contributed by atoms with Gasteiger partial charge in [-0.3, -0.25) is 0 Å². The molecule has 0 saturated carbocycles. The molecule has 0 saturated heterocycles. The largest absolute Gasteiger partial charge is 1.00 e. The topological polar surface area (TPSA) is 27.6 Å². The van der Waals surface area contributed by atoms with E-state index in [4.69, 9.17) is 0 Å². The first kappa shape index (κ1) is 24.2. The summed E-state index contributed by atoms with van der Waals surface area (Å²) in [5.41, 5.74) is 3.49. The molecule has 0 aliphatic rings. The van der Waals surface area contributed by atoms with Crippen LogP contribution in [0.2, 0.25) is 0 Å². The van der Waals surface area contributed by atoms with Crippen molar-refractivity contribution in [3.63, 3.8) is 0 Å². The number of hydrogen-bond acceptors (Lipinski definition) is 0. The average Bonchev–Trinajstić information content (AvgIpc) is 2.11. The van der Waals surface area contributed by atoms with Crippen LogP contribution in [0.5, 0.6) is 0 Å². The van der Waals surface area contributed by atoms with E-state index in [1.807, 2.05) is 6.92 Å². The van der Waals surface area contributed by atoms with E-state index in [1.54, 1.807) is 0 Å². The minimum Gasteiger partial charge on any atom is -1.00 e. The van der Waals surface area contributed by atoms with E-state index in [0.717, 1.165) is 6.54 Å². The molecule has 0 aromatic heterocycles. The van der Waals surface area contributed by atoms with E-state index in [1.165, 1.54) is 30.7 Å². The van der Waals surface area contributed by atoms with E-state index >= 15 is 0 Å². The molecule has 0 rings (SSSR count). The highest BCUT2D eigenvalue weighted by Crippen LogP contribution is 2.03. The SMILES string of the molecule is CC[N+](CC)(CC)CC.CC[NH3+].[Br-].[Br-]. The Balaban J connectivity index is -0.0000000891. The van der Waals surface area contributed by atoms with Crippen molar-refractivity contribution in [3.8, 4) is 0 Å². The predicted octanol–water partition coefficient (Wildman–Crippen LogP) is -4.86. The van der Waals surface area contributed by atoms with Gasteiger partial charge in [-0.05, 0) is 34.6 Å². The van der Waals surface area contributed by atoms with Crippen LogP contribution in [0.1, 0.15) is 34.6 Å². The Kier molecular flexibility index (Phi) is 28.2. The molecule has 0 radical (unpaired) electrons. The number of rotatable bonds is 4. The second kappa shape index (κ2) is 16.3. The van der Waals surface area contributed by atoms with E-state index in [0.29, 0.717) is 0 Å². The Bertz CT molecular complexity index is 68.7. The summed E-state index contributed by atoms with van der Waals surface area (Å²) in [4.78, 5) is 0. The smallest absolute Gasteiger partial charge is 0.0757 e. The van der Waals surface area contributed by atoms with Gasteiger partial charge in [-0.2, -0.15) is 0 Å². The minimum absolute atomic E-state index is 0. The Morgan fingerprint density at radius 2 is 0.857 bits per heavy atom. The second-order valence-electron chi connectivity index (χ2n) is 3.11. The maximum absolute atomic E-state index is 3.49. The Hall–Kier alpha value is 0.880. The van der Waals surface area contributed by atoms with Crippen molar-refractivity contribution in [2.75, 3.05) is 32.7 Å². The number of hydrogen-bond donors (Lipinski definition) is 1. The highest BCUT2D eigenvalue weighted by atomic mass is 79.9. The molecule has 0 spiro atoms. The third-order valence-electron chi connectivity index (χ3n) is 2.68. The summed E-state index contributed by atoms with van der Waals surface area (Å²) in [7, 11) is 0. The molecule has 2 nitrogen and oxygen atoms in total. The lowest BCUT2D eigenvalue weighted by atomic mass is 10.3. The summed E-state index contributed by atoms with van der Waals surface area (Å²) < 4.78 is 1.28. The number of halogens is 2. The molecule has 3 N–H and O–H groups in total. The Morgan fingerprint density at radius 1 is 0.714 bits per heavy atom. The monoisotopic (exact) mass is 334 g/mol. The quantitative estimate of drug-likeness (QED) is 0.499. The summed E-state index contributed by atoms with van der Waals surface area (Å²) in [6, 6.07) is 0. The van der Waals surface area contributed by atoms with Gasteiger partial charge in [-0.15, -0.1) is 0 Å². The third kappa shape index (κ3) is 11.0. The lowest BCUT2D eigenvalue weighted by molar-refractivity contribution is -0.921. The maximum atomic E-state index is 3.49. The van der Waals surface area contributed by atoms with Crippen molar-refractivity contribution in [1.29, 1.82) is 0 Å². The molecular formula is C10H28Br2N2. The molecule has 0 bridgehead atoms. The van der Waals surface area contributed by atoms with Gasteiger partial charge in [0.25, 0.3) is 0 Å². The van der Waals surface area contributed by atoms with Crippen molar-refractivity contribution in [2.45, 2.75) is 34.6 Å². The van der Waals surface area contributed by atoms with Crippen LogP contribution in [0.4, 0.5) is 0 Å². The van der Waals surface area contributed by atoms with E-state index in [2.05, 4.69) is 33.4 Å². The molecule has 0 amide bonds. The van der Waals surface area contributed by atoms with Crippen LogP contribution in [-0.2, 0) is 0 Å². The van der Waals surface area contributed by atoms with Gasteiger partial charge in [-0.25, -0.2) is 0 Å². The zero-order chi connectivity index (χ0) is 10.0. The van der Waals surface area contributed by atoms with Crippen molar-refractivity contribution in [2.24, 2.45) is 0 Å². The molecule has 0 aliphatic carbocycles. The van der Waals surface area contributed by atoms with Gasteiger partial charge in [0, 0.05) is 0 Å². The van der Waals surface area contributed by atoms with Gasteiger partial charge in [-0.1, -0.05) is 0 Å². The van der Waals surface area contributed by atoms with Crippen LogP contribution in [-0.4, -0.2) is 37.2 Å². The molecule has 0 aromatic rings. The first-order valence-electron chi connectivity index (χ1n) is 5.30. The fourth-order valence-electron chi connectivity index (χ4n) is 1.34. The summed E-state index contributed by atoms with van der Waals surface area (Å²) in [5, 5.41) is 0. The Labute approximate surface area is 111 Å². The molecule has 14 heavy (non-hydrogen) atoms. The second-order valence-corrected chi connectivity index (χ2v) is 3.11. The van der Waals surface area contributed by atoms with Crippen LogP contribution < -0.4 is 39.7 Å². The van der Waals surface area contributed by atoms with Gasteiger partial charge in [0.05, 0.1) is 32.7 Å². The van der Waals surface area contributed by atoms with E-state index in [-0.39, 0.29) is 34.0 Å². The van der Waals surface area contributed by atoms with E-state index < -0.39 is 0 Å². The van der Waals surface area contributed by atoms with Crippen molar-refractivity contribution < 1.29 is 44.2 Å². The Morgan fingerprint density at radius 3 is 0.857 bits per heavy atom. The molecule has 92 valence electrons. The van der Waals surface area contributed by atoms with Crippen LogP contribution in [0.15, 0.2) is 0 Å². The lowest BCUT2D eigenvalue weighted by Crippen LogP contribution is -3.00. The van der Waals surface area contributed by atoms with Crippen LogP contribution in [0.3, 0.4) is 0 Å². The van der Waals surface area contributed by atoms with Crippen molar-refractivity contribution in [3.05, 3.63) is 0 Å². The lowest BCUT2D eigenvalue weighted by Gasteiger charge is -2.34. The summed E-state index contributed by atoms with van der Waals surface area (Å²) >= 11 is 0. The number of nitrogens with zero attached hydrogens (tertiary/aromatic N) is 1. The normalized spacial score (nSPS) is 9.00. The fraction of sp³-hybridized carbons (Fsp3) is 1.00. The third-order valence-corrected chi connectivity index (χ3v) is 2.68. The molecular weight excluding hydrogens is 308 g/mol. The van der Waals surface area contributed by atoms with Gasteiger partial charge < -0.3 is 44.2 Å². The van der Waals surface area contributed by atoms with Gasteiger partial charge in [0.2, 0.25) is 0 Å². The van der Waals surface area contributed by atoms with Gasteiger partial charge in [0.15, 0.2) is 0 Å². The maximum Gasteiger partial charge on any atom is 0.0757 e. The molecule has 0 aliphatic heterocycles. The van der Waals surface area contributed by atoms with Crippen molar-refractivity contribution >= 4 is 0 Å². The average molecular weight is 336 g/mol. The van der Waals surface area contributed by atoms with Gasteiger partial charge in [0.1, 0.15) is 0 Å². The molecule has 0 atom stereocenters. The first-order valence-corrected chi connectivity index (χ1v) is 5.30. The zero-order valence-corrected chi connectivity index (χ0v) is 13.6. The minimum atomic E-state index is 0. The molecule has 0 heterocycles. The van der Waals surface area contributed by atoms with Crippen LogP contribution in [0.25, 0.3) is 0 Å². The fourth-order valence-corrected chi connectivity index (χ4v) is 1.34. The van der Waals surface area contributed by atoms with Gasteiger partial charge >= 0.3 is 0 Å². The zero-order valence-electron chi connectivity index (χ0n) is 10.4. The highest BCUT2D eigenvalue weighted by molar-refractivity contribution is 4.31. The van der Waals surface area contributed by atoms with Crippen molar-refractivity contribution in [1.82, 2.24) is 0 Å². The summed E-state index contributed by atoms with van der Waals surface area (Å²) in [5.74, 6) is 0.